The van der Waals surface area contributed by atoms with Gasteiger partial charge in [0.15, 0.2) is 0 Å². The number of nitriles is 1. The highest BCUT2D eigenvalue weighted by molar-refractivity contribution is 5.85. The monoisotopic (exact) mass is 266 g/mol. The second-order valence-corrected chi connectivity index (χ2v) is 5.61. The number of aliphatic hydroxyl groups excluding tert-OH is 1. The molecule has 1 rings (SSSR count). The fourth-order valence-electron chi connectivity index (χ4n) is 2.97. The topological polar surface area (TPSA) is 64.3 Å². The molecule has 0 radical (unpaired) electrons. The largest absolute Gasteiger partial charge is 0.396 e. The van der Waals surface area contributed by atoms with Gasteiger partial charge < -0.3 is 10.0 Å². The first-order chi connectivity index (χ1) is 9.13. The van der Waals surface area contributed by atoms with Crippen LogP contribution in [0.3, 0.4) is 0 Å². The summed E-state index contributed by atoms with van der Waals surface area (Å²) in [5.41, 5.74) is -0.824. The maximum Gasteiger partial charge on any atom is 0.243 e. The third-order valence-electron chi connectivity index (χ3n) is 4.14. The Hall–Kier alpha value is -1.08. The summed E-state index contributed by atoms with van der Waals surface area (Å²) in [6, 6.07) is 2.30. The Balaban J connectivity index is 2.75. The van der Waals surface area contributed by atoms with Crippen molar-refractivity contribution < 1.29 is 9.90 Å². The number of carbonyl (C=O) groups excluding carboxylic acids is 1. The van der Waals surface area contributed by atoms with Crippen LogP contribution in [0.25, 0.3) is 0 Å². The fourth-order valence-corrected chi connectivity index (χ4v) is 2.97. The molecule has 108 valence electrons. The van der Waals surface area contributed by atoms with Crippen molar-refractivity contribution in [1.82, 2.24) is 4.90 Å². The third-order valence-corrected chi connectivity index (χ3v) is 4.14. The van der Waals surface area contributed by atoms with Crippen molar-refractivity contribution in [3.8, 4) is 6.07 Å². The van der Waals surface area contributed by atoms with Crippen LogP contribution in [-0.2, 0) is 4.79 Å². The number of piperidine rings is 1. The van der Waals surface area contributed by atoms with Crippen LogP contribution in [0.5, 0.6) is 0 Å². The number of rotatable bonds is 6. The quantitative estimate of drug-likeness (QED) is 0.802. The zero-order valence-corrected chi connectivity index (χ0v) is 12.2. The Bertz CT molecular complexity index is 322. The van der Waals surface area contributed by atoms with Crippen LogP contribution in [0.4, 0.5) is 0 Å². The molecule has 4 nitrogen and oxygen atoms in total. The van der Waals surface area contributed by atoms with E-state index in [1.807, 2.05) is 18.7 Å². The molecule has 0 aliphatic carbocycles. The predicted octanol–water partition coefficient (Wildman–Crippen LogP) is 2.33. The van der Waals surface area contributed by atoms with Gasteiger partial charge in [-0.1, -0.05) is 26.7 Å². The molecule has 0 bridgehead atoms. The average molecular weight is 266 g/mol. The molecule has 1 aliphatic rings. The number of hydrogen-bond donors (Lipinski definition) is 1. The van der Waals surface area contributed by atoms with Gasteiger partial charge in [0.25, 0.3) is 0 Å². The molecule has 0 aromatic heterocycles. The summed E-state index contributed by atoms with van der Waals surface area (Å²) in [4.78, 5) is 14.5. The molecule has 0 spiro atoms. The van der Waals surface area contributed by atoms with E-state index in [-0.39, 0.29) is 12.5 Å². The van der Waals surface area contributed by atoms with Gasteiger partial charge in [-0.25, -0.2) is 0 Å². The summed E-state index contributed by atoms with van der Waals surface area (Å²) < 4.78 is 0. The van der Waals surface area contributed by atoms with E-state index in [1.165, 1.54) is 0 Å². The van der Waals surface area contributed by atoms with Crippen LogP contribution in [0.2, 0.25) is 0 Å². The van der Waals surface area contributed by atoms with Crippen LogP contribution in [0, 0.1) is 22.7 Å². The Morgan fingerprint density at radius 1 is 1.32 bits per heavy atom. The minimum atomic E-state index is -0.824. The Morgan fingerprint density at radius 2 is 1.84 bits per heavy atom. The molecule has 0 aromatic rings. The molecule has 1 amide bonds. The van der Waals surface area contributed by atoms with Crippen LogP contribution in [0.15, 0.2) is 0 Å². The molecule has 19 heavy (non-hydrogen) atoms. The Kier molecular flexibility index (Phi) is 6.30. The zero-order valence-electron chi connectivity index (χ0n) is 12.2. The van der Waals surface area contributed by atoms with E-state index in [2.05, 4.69) is 6.07 Å². The average Bonchev–Trinajstić information content (AvgIpc) is 2.46. The molecule has 0 unspecified atom stereocenters. The van der Waals surface area contributed by atoms with Crippen molar-refractivity contribution in [3.05, 3.63) is 0 Å². The molecule has 0 aromatic carbocycles. The van der Waals surface area contributed by atoms with E-state index in [9.17, 15) is 10.1 Å². The van der Waals surface area contributed by atoms with Crippen molar-refractivity contribution in [1.29, 1.82) is 5.26 Å². The highest BCUT2D eigenvalue weighted by Crippen LogP contribution is 2.33. The normalized spacial score (nSPS) is 17.3. The van der Waals surface area contributed by atoms with Gasteiger partial charge in [0.05, 0.1) is 6.07 Å². The minimum Gasteiger partial charge on any atom is -0.396 e. The molecular weight excluding hydrogens is 240 g/mol. The van der Waals surface area contributed by atoms with Crippen LogP contribution < -0.4 is 0 Å². The van der Waals surface area contributed by atoms with Gasteiger partial charge in [0, 0.05) is 19.7 Å². The molecule has 1 saturated heterocycles. The number of aliphatic hydroxyl groups is 1. The standard InChI is InChI=1S/C15H26N2O2/c1-3-7-15(12-16,8-4-2)14(19)17-9-5-13(11-18)6-10-17/h13,18H,3-11H2,1-2H3. The van der Waals surface area contributed by atoms with Gasteiger partial charge in [-0.3, -0.25) is 4.79 Å². The maximum absolute atomic E-state index is 12.7. The van der Waals surface area contributed by atoms with E-state index in [4.69, 9.17) is 5.11 Å². The van der Waals surface area contributed by atoms with Crippen LogP contribution in [0.1, 0.15) is 52.4 Å². The van der Waals surface area contributed by atoms with Crippen LogP contribution >= 0.6 is 0 Å². The lowest BCUT2D eigenvalue weighted by atomic mass is 9.78. The van der Waals surface area contributed by atoms with Gasteiger partial charge in [-0.2, -0.15) is 5.26 Å². The molecule has 0 atom stereocenters. The number of carbonyl (C=O) groups is 1. The second kappa shape index (κ2) is 7.49. The number of nitrogens with zero attached hydrogens (tertiary/aromatic N) is 2. The maximum atomic E-state index is 12.7. The van der Waals surface area contributed by atoms with Gasteiger partial charge in [0.1, 0.15) is 5.41 Å². The first kappa shape index (κ1) is 16.0. The lowest BCUT2D eigenvalue weighted by Crippen LogP contribution is -2.47. The van der Waals surface area contributed by atoms with Crippen molar-refractivity contribution >= 4 is 5.91 Å². The number of amides is 1. The molecule has 0 saturated carbocycles. The molecule has 1 fully saturated rings. The predicted molar refractivity (Wildman–Crippen MR) is 74.3 cm³/mol. The molecule has 4 heteroatoms. The highest BCUT2D eigenvalue weighted by Gasteiger charge is 2.40. The van der Waals surface area contributed by atoms with Gasteiger partial charge in [-0.15, -0.1) is 0 Å². The zero-order chi connectivity index (χ0) is 14.3. The minimum absolute atomic E-state index is 0.00934. The molecular formula is C15H26N2O2. The van der Waals surface area contributed by atoms with Crippen molar-refractivity contribution in [2.45, 2.75) is 52.4 Å². The van der Waals surface area contributed by atoms with E-state index < -0.39 is 5.41 Å². The first-order valence-electron chi connectivity index (χ1n) is 7.45. The van der Waals surface area contributed by atoms with Gasteiger partial charge >= 0.3 is 0 Å². The summed E-state index contributed by atoms with van der Waals surface area (Å²) in [6.07, 6.45) is 4.70. The fraction of sp³-hybridized carbons (Fsp3) is 0.867. The Morgan fingerprint density at radius 3 is 2.21 bits per heavy atom. The van der Waals surface area contributed by atoms with Gasteiger partial charge in [0.2, 0.25) is 5.91 Å². The second-order valence-electron chi connectivity index (χ2n) is 5.61. The summed E-state index contributed by atoms with van der Waals surface area (Å²) in [6.45, 7) is 5.61. The SMILES string of the molecule is CCCC(C#N)(CCC)C(=O)N1CCC(CO)CC1. The highest BCUT2D eigenvalue weighted by atomic mass is 16.3. The summed E-state index contributed by atoms with van der Waals surface area (Å²) in [5, 5.41) is 18.6. The molecule has 1 aliphatic heterocycles. The van der Waals surface area contributed by atoms with Crippen molar-refractivity contribution in [2.24, 2.45) is 11.3 Å². The summed E-state index contributed by atoms with van der Waals surface area (Å²) in [7, 11) is 0. The smallest absolute Gasteiger partial charge is 0.243 e. The third kappa shape index (κ3) is 3.70. The molecule has 1 N–H and O–H groups in total. The van der Waals surface area contributed by atoms with Crippen molar-refractivity contribution in [2.75, 3.05) is 19.7 Å². The Labute approximate surface area is 116 Å². The lowest BCUT2D eigenvalue weighted by Gasteiger charge is -2.36. The van der Waals surface area contributed by atoms with E-state index in [0.29, 0.717) is 31.8 Å². The van der Waals surface area contributed by atoms with E-state index in [0.717, 1.165) is 25.7 Å². The lowest BCUT2D eigenvalue weighted by molar-refractivity contribution is -0.141. The van der Waals surface area contributed by atoms with E-state index >= 15 is 0 Å². The van der Waals surface area contributed by atoms with Crippen LogP contribution in [-0.4, -0.2) is 35.6 Å². The van der Waals surface area contributed by atoms with Gasteiger partial charge in [-0.05, 0) is 31.6 Å². The number of likely N-dealkylation sites (tertiary alicyclic amines) is 1. The molecule has 1 heterocycles. The summed E-state index contributed by atoms with van der Waals surface area (Å²) in [5.74, 6) is 0.327. The first-order valence-corrected chi connectivity index (χ1v) is 7.45. The van der Waals surface area contributed by atoms with Crippen molar-refractivity contribution in [3.63, 3.8) is 0 Å². The summed E-state index contributed by atoms with van der Waals surface area (Å²) >= 11 is 0. The van der Waals surface area contributed by atoms with E-state index in [1.54, 1.807) is 0 Å². The number of hydrogen-bond acceptors (Lipinski definition) is 3.